The van der Waals surface area contributed by atoms with Crippen LogP contribution in [0.4, 0.5) is 34.6 Å². The van der Waals surface area contributed by atoms with Gasteiger partial charge in [-0.2, -0.15) is 36.9 Å². The normalized spacial score (nSPS) is 12.3. The number of aromatic hydroxyl groups is 1. The molecule has 1 heterocycles. The third-order valence-corrected chi connectivity index (χ3v) is 12.5. The molecule has 0 spiro atoms. The number of phenolic OH excluding ortho intramolecular Hbond substituents is 1. The number of aromatic nitrogens is 3. The molecule has 0 bridgehead atoms. The zero-order valence-electron chi connectivity index (χ0n) is 33.3. The Balaban J connectivity index is 1.57. The maximum absolute atomic E-state index is 13.0. The highest BCUT2D eigenvalue weighted by atomic mass is 32.3. The Morgan fingerprint density at radius 3 is 2.26 bits per heavy atom. The molecule has 0 aliphatic rings. The van der Waals surface area contributed by atoms with Crippen molar-refractivity contribution in [2.24, 2.45) is 15.3 Å². The van der Waals surface area contributed by atoms with Crippen molar-refractivity contribution < 1.29 is 78.1 Å². The number of nitrogens with one attached hydrogen (secondary N) is 2. The molecule has 31 heteroatoms. The molecule has 66 heavy (non-hydrogen) atoms. The number of carbonyl (C=O) groups is 2. The van der Waals surface area contributed by atoms with Crippen molar-refractivity contribution in [2.75, 3.05) is 40.3 Å². The van der Waals surface area contributed by atoms with E-state index < -0.39 is 88.4 Å². The van der Waals surface area contributed by atoms with E-state index in [1.54, 1.807) is 25.1 Å². The molecule has 8 N–H and O–H groups in total. The van der Waals surface area contributed by atoms with Crippen LogP contribution in [0.3, 0.4) is 0 Å². The van der Waals surface area contributed by atoms with E-state index in [9.17, 15) is 54.7 Å². The van der Waals surface area contributed by atoms with Crippen LogP contribution < -0.4 is 15.6 Å². The lowest BCUT2D eigenvalue weighted by Gasteiger charge is -2.22. The van der Waals surface area contributed by atoms with E-state index in [1.165, 1.54) is 59.5 Å². The molecule has 0 fully saturated rings. The molecular formula is C35H33N9O17S5. The summed E-state index contributed by atoms with van der Waals surface area (Å²) in [5.41, 5.74) is 1.54. The van der Waals surface area contributed by atoms with Gasteiger partial charge in [0.25, 0.3) is 10.1 Å². The van der Waals surface area contributed by atoms with E-state index in [4.69, 9.17) is 9.81 Å². The molecule has 4 aromatic carbocycles. The zero-order valence-corrected chi connectivity index (χ0v) is 37.3. The van der Waals surface area contributed by atoms with Gasteiger partial charge in [-0.25, -0.2) is 22.7 Å². The number of benzene rings is 4. The smallest absolute Gasteiger partial charge is 0.397 e. The summed E-state index contributed by atoms with van der Waals surface area (Å²) in [7, 11) is -14.2. The van der Waals surface area contributed by atoms with Gasteiger partial charge >= 0.3 is 22.3 Å². The first kappa shape index (κ1) is 50.6. The lowest BCUT2D eigenvalue weighted by molar-refractivity contribution is -0.432. The summed E-state index contributed by atoms with van der Waals surface area (Å²) < 4.78 is 100. The molecule has 26 nitrogen and oxygen atoms in total. The number of hydrogen-bond donors (Lipinski definition) is 8. The molecule has 0 unspecified atom stereocenters. The Bertz CT molecular complexity index is 3000. The fraction of sp³-hybridized carbons (Fsp3) is 0.143. The number of aromatic carboxylic acids is 1. The summed E-state index contributed by atoms with van der Waals surface area (Å²) in [5, 5.41) is 57.3. The second-order valence-corrected chi connectivity index (χ2v) is 18.9. The van der Waals surface area contributed by atoms with E-state index >= 15 is 0 Å². The van der Waals surface area contributed by atoms with Crippen LogP contribution in [0, 0.1) is 0 Å². The van der Waals surface area contributed by atoms with Gasteiger partial charge in [0.1, 0.15) is 5.69 Å². The first-order valence-corrected chi connectivity index (χ1v) is 24.1. The zero-order chi connectivity index (χ0) is 48.2. The fourth-order valence-electron chi connectivity index (χ4n) is 5.25. The first-order chi connectivity index (χ1) is 31.2. The summed E-state index contributed by atoms with van der Waals surface area (Å²) in [4.78, 5) is 36.8. The topological polar surface area (TPSA) is 389 Å². The number of amidine groups is 1. The van der Waals surface area contributed by atoms with Gasteiger partial charge in [-0.1, -0.05) is 53.2 Å². The summed E-state index contributed by atoms with van der Waals surface area (Å²) in [6.45, 7) is 0.757. The van der Waals surface area contributed by atoms with Crippen LogP contribution in [0.2, 0.25) is 0 Å². The van der Waals surface area contributed by atoms with Gasteiger partial charge in [0.15, 0.2) is 20.7 Å². The largest absolute Gasteiger partial charge is 0.504 e. The summed E-state index contributed by atoms with van der Waals surface area (Å²) in [6, 6.07) is 18.5. The van der Waals surface area contributed by atoms with Crippen molar-refractivity contribution in [3.63, 3.8) is 0 Å². The lowest BCUT2D eigenvalue weighted by atomic mass is 10.2. The third-order valence-electron chi connectivity index (χ3n) is 8.11. The predicted octanol–water partition coefficient (Wildman–Crippen LogP) is 5.18. The Labute approximate surface area is 382 Å². The molecule has 350 valence electrons. The van der Waals surface area contributed by atoms with Crippen LogP contribution in [-0.4, -0.2) is 112 Å². The number of carboxylic acids is 2. The van der Waals surface area contributed by atoms with Crippen molar-refractivity contribution >= 4 is 107 Å². The Hall–Kier alpha value is -6.39. The average Bonchev–Trinajstić information content (AvgIpc) is 3.25. The van der Waals surface area contributed by atoms with Gasteiger partial charge in [0.2, 0.25) is 17.7 Å². The molecule has 0 aliphatic heterocycles. The van der Waals surface area contributed by atoms with Crippen LogP contribution in [0.1, 0.15) is 22.8 Å². The van der Waals surface area contributed by atoms with Crippen LogP contribution in [0.25, 0.3) is 0 Å². The average molecular weight is 1010 g/mol. The van der Waals surface area contributed by atoms with E-state index in [0.717, 1.165) is 12.1 Å². The van der Waals surface area contributed by atoms with Gasteiger partial charge in [-0.3, -0.25) is 19.3 Å². The highest BCUT2D eigenvalue weighted by Crippen LogP contribution is 2.39. The van der Waals surface area contributed by atoms with Gasteiger partial charge in [-0.05, 0) is 55.5 Å². The van der Waals surface area contributed by atoms with Gasteiger partial charge < -0.3 is 25.5 Å². The molecular weight excluding hydrogens is 979 g/mol. The van der Waals surface area contributed by atoms with Crippen LogP contribution in [0.5, 0.6) is 5.75 Å². The molecule has 1 aromatic heterocycles. The number of azo groups is 1. The Morgan fingerprint density at radius 1 is 0.864 bits per heavy atom. The van der Waals surface area contributed by atoms with Crippen LogP contribution >= 0.6 is 23.8 Å². The SMILES string of the molecule is CCN(c1cccc(S(=O)(=O)CCOS(=O)(=O)O)c1)c1nc(Nc2cc(S(=O)(=O)O)cc(N=NC(=NNc3cc(SOOO)ccc3C(=O)O)c3ccccc3)c2O)nc(SCC(=O)O)n1. The number of nitrogens with zero attached hydrogens (tertiary/aromatic N) is 7. The second-order valence-electron chi connectivity index (χ2n) is 12.5. The number of hydrogen-bond acceptors (Lipinski definition) is 23. The predicted molar refractivity (Wildman–Crippen MR) is 233 cm³/mol. The monoisotopic (exact) mass is 1010 g/mol. The minimum absolute atomic E-state index is 0.0329. The molecule has 5 rings (SSSR count). The Morgan fingerprint density at radius 2 is 1.61 bits per heavy atom. The van der Waals surface area contributed by atoms with Crippen LogP contribution in [-0.2, 0) is 48.7 Å². The van der Waals surface area contributed by atoms with Crippen LogP contribution in [0.15, 0.2) is 120 Å². The van der Waals surface area contributed by atoms with Gasteiger partial charge in [-0.15, -0.1) is 14.6 Å². The van der Waals surface area contributed by atoms with Crippen molar-refractivity contribution in [1.82, 2.24) is 15.0 Å². The highest BCUT2D eigenvalue weighted by molar-refractivity contribution is 7.99. The minimum atomic E-state index is -5.05. The first-order valence-electron chi connectivity index (χ1n) is 17.9. The number of sulfone groups is 1. The van der Waals surface area contributed by atoms with Gasteiger partial charge in [0.05, 0.1) is 56.9 Å². The maximum Gasteiger partial charge on any atom is 0.397 e. The lowest BCUT2D eigenvalue weighted by Crippen LogP contribution is -2.21. The summed E-state index contributed by atoms with van der Waals surface area (Å²) >= 11 is 1.16. The van der Waals surface area contributed by atoms with Gasteiger partial charge in [0, 0.05) is 22.7 Å². The van der Waals surface area contributed by atoms with E-state index in [0.29, 0.717) is 23.8 Å². The van der Waals surface area contributed by atoms with Crippen molar-refractivity contribution in [1.29, 1.82) is 0 Å². The molecule has 5 aromatic rings. The van der Waals surface area contributed by atoms with E-state index in [1.807, 2.05) is 0 Å². The third kappa shape index (κ3) is 14.3. The molecule has 0 atom stereocenters. The summed E-state index contributed by atoms with van der Waals surface area (Å²) in [5.74, 6) is -5.75. The van der Waals surface area contributed by atoms with Crippen molar-refractivity contribution in [3.05, 3.63) is 96.1 Å². The quantitative estimate of drug-likeness (QED) is 0.00509. The summed E-state index contributed by atoms with van der Waals surface area (Å²) in [6.07, 6.45) is 0. The molecule has 0 amide bonds. The second kappa shape index (κ2) is 22.2. The van der Waals surface area contributed by atoms with Crippen molar-refractivity contribution in [2.45, 2.75) is 26.8 Å². The number of anilines is 5. The highest BCUT2D eigenvalue weighted by Gasteiger charge is 2.23. The fourth-order valence-corrected chi connectivity index (χ4v) is 8.25. The number of aliphatic carboxylic acids is 1. The van der Waals surface area contributed by atoms with E-state index in [-0.39, 0.29) is 55.8 Å². The number of rotatable bonds is 22. The molecule has 0 saturated heterocycles. The van der Waals surface area contributed by atoms with E-state index in [2.05, 4.69) is 54.6 Å². The number of thioether (sulfide) groups is 1. The number of carboxylic acid groups (broad SMARTS) is 2. The minimum Gasteiger partial charge on any atom is -0.504 e. The standard InChI is InChI=1S/C35H33N9O17S5/c1-2-44(21-9-6-10-23(15-21)64(51,52)14-13-59-66(56,57)58)34-37-33(38-35(39-34)62-19-29(45)46)36-27-17-24(65(53,54)55)18-28(30(27)47)41-43-31(20-7-4-3-5-8-20)42-40-26-16-22(63-61-60-50)11-12-25(26)32(48)49/h3-12,15-18,40,47,50H,2,13-14,19H2,1H3,(H,45,46)(H,48,49)(H,53,54,55)(H,56,57,58)(H,36,37,38,39). The Kier molecular flexibility index (Phi) is 17.0. The molecule has 0 radical (unpaired) electrons. The number of hydrazone groups is 1. The molecule has 0 aliphatic carbocycles. The van der Waals surface area contributed by atoms with Crippen molar-refractivity contribution in [3.8, 4) is 5.75 Å². The molecule has 0 saturated carbocycles. The maximum atomic E-state index is 13.0. The number of phenols is 1.